The Balaban J connectivity index is 1.89. The lowest BCUT2D eigenvalue weighted by atomic mass is 9.84. The number of hydrogen-bond donors (Lipinski definition) is 0. The van der Waals surface area contributed by atoms with Crippen molar-refractivity contribution in [2.75, 3.05) is 20.3 Å². The molecule has 0 aromatic heterocycles. The van der Waals surface area contributed by atoms with E-state index in [2.05, 4.69) is 15.9 Å². The molecule has 0 spiro atoms. The second kappa shape index (κ2) is 8.43. The van der Waals surface area contributed by atoms with Gasteiger partial charge in [0, 0.05) is 16.0 Å². The average Bonchev–Trinajstić information content (AvgIpc) is 2.66. The second-order valence-electron chi connectivity index (χ2n) is 5.93. The number of benzene rings is 2. The van der Waals surface area contributed by atoms with E-state index in [-0.39, 0.29) is 13.2 Å². The van der Waals surface area contributed by atoms with Crippen LogP contribution < -0.4 is 14.2 Å². The average molecular weight is 435 g/mol. The fourth-order valence-electron chi connectivity index (χ4n) is 2.95. The van der Waals surface area contributed by atoms with E-state index in [1.54, 1.807) is 50.4 Å². The first-order valence-corrected chi connectivity index (χ1v) is 9.27. The Morgan fingerprint density at radius 3 is 2.52 bits per heavy atom. The third-order valence-electron chi connectivity index (χ3n) is 4.27. The fourth-order valence-corrected chi connectivity index (χ4v) is 3.33. The van der Waals surface area contributed by atoms with Gasteiger partial charge in [-0.25, -0.2) is 0 Å². The van der Waals surface area contributed by atoms with Gasteiger partial charge >= 0.3 is 11.9 Å². The molecular weight excluding hydrogens is 416 g/mol. The number of rotatable bonds is 6. The van der Waals surface area contributed by atoms with Crippen molar-refractivity contribution in [2.24, 2.45) is 5.92 Å². The Morgan fingerprint density at radius 2 is 1.85 bits per heavy atom. The summed E-state index contributed by atoms with van der Waals surface area (Å²) in [5.74, 6) is -1.11. The van der Waals surface area contributed by atoms with Crippen molar-refractivity contribution in [1.82, 2.24) is 0 Å². The molecule has 3 rings (SSSR count). The minimum absolute atomic E-state index is 0.119. The van der Waals surface area contributed by atoms with E-state index < -0.39 is 23.8 Å². The highest BCUT2D eigenvalue weighted by atomic mass is 79.9. The van der Waals surface area contributed by atoms with Crippen LogP contribution in [0.25, 0.3) is 0 Å². The zero-order chi connectivity index (χ0) is 19.4. The number of fused-ring (bicyclic) bond motifs is 1. The Labute approximate surface area is 165 Å². The summed E-state index contributed by atoms with van der Waals surface area (Å²) in [5.41, 5.74) is 0.718. The molecule has 1 aliphatic rings. The van der Waals surface area contributed by atoms with Crippen molar-refractivity contribution in [1.29, 1.82) is 0 Å². The van der Waals surface area contributed by atoms with Crippen LogP contribution >= 0.6 is 15.9 Å². The van der Waals surface area contributed by atoms with Crippen LogP contribution in [0.15, 0.2) is 46.9 Å². The predicted molar refractivity (Wildman–Crippen MR) is 101 cm³/mol. The van der Waals surface area contributed by atoms with Crippen LogP contribution in [0.1, 0.15) is 18.4 Å². The van der Waals surface area contributed by atoms with Crippen LogP contribution in [0.4, 0.5) is 0 Å². The molecule has 2 aromatic carbocycles. The largest absolute Gasteiger partial charge is 0.497 e. The van der Waals surface area contributed by atoms with Gasteiger partial charge in [-0.05, 0) is 49.4 Å². The van der Waals surface area contributed by atoms with E-state index in [1.807, 2.05) is 6.07 Å². The zero-order valence-corrected chi connectivity index (χ0v) is 16.5. The summed E-state index contributed by atoms with van der Waals surface area (Å²) in [6, 6.07) is 12.4. The lowest BCUT2D eigenvalue weighted by Crippen LogP contribution is -2.40. The molecule has 2 atom stereocenters. The van der Waals surface area contributed by atoms with Crippen LogP contribution in [0.3, 0.4) is 0 Å². The van der Waals surface area contributed by atoms with Gasteiger partial charge in [-0.1, -0.05) is 15.9 Å². The van der Waals surface area contributed by atoms with Crippen molar-refractivity contribution < 1.29 is 28.5 Å². The maximum Gasteiger partial charge on any atom is 0.326 e. The molecule has 0 saturated heterocycles. The molecule has 27 heavy (non-hydrogen) atoms. The molecule has 7 heteroatoms. The number of ether oxygens (including phenoxy) is 4. The zero-order valence-electron chi connectivity index (χ0n) is 14.9. The van der Waals surface area contributed by atoms with Crippen LogP contribution in [-0.4, -0.2) is 32.3 Å². The van der Waals surface area contributed by atoms with Gasteiger partial charge in [-0.2, -0.15) is 0 Å². The molecule has 0 bridgehead atoms. The molecule has 2 aromatic rings. The monoisotopic (exact) mass is 434 g/mol. The Kier molecular flexibility index (Phi) is 6.01. The van der Waals surface area contributed by atoms with E-state index in [1.165, 1.54) is 0 Å². The van der Waals surface area contributed by atoms with E-state index in [9.17, 15) is 9.59 Å². The summed E-state index contributed by atoms with van der Waals surface area (Å²) in [6.07, 6.45) is 0. The normalized spacial score (nSPS) is 18.3. The summed E-state index contributed by atoms with van der Waals surface area (Å²) in [6.45, 7) is 1.99. The molecule has 6 nitrogen and oxygen atoms in total. The molecule has 1 aliphatic heterocycles. The van der Waals surface area contributed by atoms with E-state index in [4.69, 9.17) is 18.9 Å². The molecular formula is C20H19BrO6. The topological polar surface area (TPSA) is 71.1 Å². The summed E-state index contributed by atoms with van der Waals surface area (Å²) in [7, 11) is 1.59. The van der Waals surface area contributed by atoms with Crippen molar-refractivity contribution >= 4 is 27.9 Å². The highest BCUT2D eigenvalue weighted by Crippen LogP contribution is 2.40. The highest BCUT2D eigenvalue weighted by molar-refractivity contribution is 9.10. The molecule has 0 aliphatic carbocycles. The van der Waals surface area contributed by atoms with Crippen molar-refractivity contribution in [3.05, 3.63) is 52.5 Å². The summed E-state index contributed by atoms with van der Waals surface area (Å²) in [4.78, 5) is 24.9. The van der Waals surface area contributed by atoms with Gasteiger partial charge in [0.15, 0.2) is 5.92 Å². The summed E-state index contributed by atoms with van der Waals surface area (Å²) >= 11 is 3.42. The molecule has 2 unspecified atom stereocenters. The predicted octanol–water partition coefficient (Wildman–Crippen LogP) is 3.72. The van der Waals surface area contributed by atoms with Crippen LogP contribution in [-0.2, 0) is 14.3 Å². The van der Waals surface area contributed by atoms with Crippen LogP contribution in [0, 0.1) is 5.92 Å². The second-order valence-corrected chi connectivity index (χ2v) is 6.84. The Bertz CT molecular complexity index is 833. The van der Waals surface area contributed by atoms with E-state index in [0.29, 0.717) is 17.2 Å². The van der Waals surface area contributed by atoms with Crippen molar-refractivity contribution in [3.8, 4) is 17.2 Å². The van der Waals surface area contributed by atoms with Gasteiger partial charge in [0.25, 0.3) is 0 Å². The fraction of sp³-hybridized carbons (Fsp3) is 0.300. The highest BCUT2D eigenvalue weighted by Gasteiger charge is 2.44. The molecule has 0 amide bonds. The molecule has 0 radical (unpaired) electrons. The Morgan fingerprint density at radius 1 is 1.15 bits per heavy atom. The SMILES string of the molecule is CCOC(=O)C1C(=O)Oc2ccc(Br)cc2C1COc1ccc(OC)cc1. The molecule has 0 fully saturated rings. The number of carbonyl (C=O) groups excluding carboxylic acids is 2. The van der Waals surface area contributed by atoms with E-state index >= 15 is 0 Å². The van der Waals surface area contributed by atoms with Crippen molar-refractivity contribution in [2.45, 2.75) is 12.8 Å². The third-order valence-corrected chi connectivity index (χ3v) is 4.76. The molecule has 0 saturated carbocycles. The third kappa shape index (κ3) is 4.24. The standard InChI is InChI=1S/C20H19BrO6/c1-3-25-19(22)18-16(11-26-14-7-5-13(24-2)6-8-14)15-10-12(21)4-9-17(15)27-20(18)23/h4-10,16,18H,3,11H2,1-2H3. The van der Waals surface area contributed by atoms with Crippen LogP contribution in [0.2, 0.25) is 0 Å². The van der Waals surface area contributed by atoms with E-state index in [0.717, 1.165) is 10.0 Å². The maximum absolute atomic E-state index is 12.5. The molecule has 142 valence electrons. The molecule has 0 N–H and O–H groups in total. The van der Waals surface area contributed by atoms with Gasteiger partial charge in [-0.3, -0.25) is 9.59 Å². The van der Waals surface area contributed by atoms with Gasteiger partial charge in [-0.15, -0.1) is 0 Å². The lowest BCUT2D eigenvalue weighted by Gasteiger charge is -2.30. The van der Waals surface area contributed by atoms with Crippen molar-refractivity contribution in [3.63, 3.8) is 0 Å². The number of hydrogen-bond acceptors (Lipinski definition) is 6. The molecule has 1 heterocycles. The summed E-state index contributed by atoms with van der Waals surface area (Å²) < 4.78 is 22.2. The smallest absolute Gasteiger partial charge is 0.326 e. The van der Waals surface area contributed by atoms with Crippen LogP contribution in [0.5, 0.6) is 17.2 Å². The number of methoxy groups -OCH3 is 1. The van der Waals surface area contributed by atoms with Gasteiger partial charge < -0.3 is 18.9 Å². The first-order valence-electron chi connectivity index (χ1n) is 8.48. The number of halogens is 1. The first-order chi connectivity index (χ1) is 13.0. The number of carbonyl (C=O) groups is 2. The number of esters is 2. The summed E-state index contributed by atoms with van der Waals surface area (Å²) in [5, 5.41) is 0. The van der Waals surface area contributed by atoms with Gasteiger partial charge in [0.05, 0.1) is 20.3 Å². The van der Waals surface area contributed by atoms with Gasteiger partial charge in [0.2, 0.25) is 0 Å². The minimum Gasteiger partial charge on any atom is -0.497 e. The maximum atomic E-state index is 12.5. The quantitative estimate of drug-likeness (QED) is 0.392. The first kappa shape index (κ1) is 19.2. The minimum atomic E-state index is -1.08. The lowest BCUT2D eigenvalue weighted by molar-refractivity contribution is -0.159. The Hall–Kier alpha value is -2.54. The van der Waals surface area contributed by atoms with Gasteiger partial charge in [0.1, 0.15) is 17.2 Å².